The van der Waals surface area contributed by atoms with Crippen molar-refractivity contribution in [2.24, 2.45) is 0 Å². The van der Waals surface area contributed by atoms with Gasteiger partial charge in [0.15, 0.2) is 0 Å². The standard InChI is InChI=1S/C17H24N3O2S/c1-3-19-6-8-20(9-7-19)11-14(21)12-22-15-4-5-17-16(10-15)18-13(2)23-17/h4-5,10,14,21H,1,3,6-9,11-12H2,2H3/t14-/m1/s1. The zero-order chi connectivity index (χ0) is 16.2. The molecular weight excluding hydrogens is 310 g/mol. The summed E-state index contributed by atoms with van der Waals surface area (Å²) in [6.45, 7) is 11.8. The van der Waals surface area contributed by atoms with Crippen LogP contribution in [0.2, 0.25) is 0 Å². The van der Waals surface area contributed by atoms with Crippen molar-refractivity contribution in [3.63, 3.8) is 0 Å². The minimum absolute atomic E-state index is 0.310. The van der Waals surface area contributed by atoms with Crippen molar-refractivity contribution >= 4 is 21.6 Å². The number of aliphatic hydroxyl groups excluding tert-OH is 1. The largest absolute Gasteiger partial charge is 0.491 e. The molecule has 0 unspecified atom stereocenters. The lowest BCUT2D eigenvalue weighted by Gasteiger charge is -2.34. The highest BCUT2D eigenvalue weighted by Crippen LogP contribution is 2.25. The van der Waals surface area contributed by atoms with E-state index in [0.717, 1.165) is 49.0 Å². The first-order valence-corrected chi connectivity index (χ1v) is 8.87. The number of aromatic nitrogens is 1. The van der Waals surface area contributed by atoms with Gasteiger partial charge in [0.1, 0.15) is 18.5 Å². The molecule has 23 heavy (non-hydrogen) atoms. The highest BCUT2D eigenvalue weighted by Gasteiger charge is 2.18. The lowest BCUT2D eigenvalue weighted by molar-refractivity contribution is 0.0481. The molecule has 1 radical (unpaired) electrons. The number of β-amino-alcohol motifs (C(OH)–C–C–N with tert-alkyl or cyclic N) is 1. The van der Waals surface area contributed by atoms with E-state index in [1.807, 2.05) is 25.1 Å². The van der Waals surface area contributed by atoms with Gasteiger partial charge in [-0.05, 0) is 32.5 Å². The summed E-state index contributed by atoms with van der Waals surface area (Å²) >= 11 is 1.68. The van der Waals surface area contributed by atoms with Crippen LogP contribution in [0.15, 0.2) is 18.2 Å². The van der Waals surface area contributed by atoms with Crippen LogP contribution in [-0.2, 0) is 0 Å². The normalized spacial score (nSPS) is 18.4. The summed E-state index contributed by atoms with van der Waals surface area (Å²) in [5.41, 5.74) is 0.962. The molecule has 0 amide bonds. The Balaban J connectivity index is 1.47. The zero-order valence-electron chi connectivity index (χ0n) is 13.6. The molecule has 0 saturated carbocycles. The Morgan fingerprint density at radius 3 is 2.78 bits per heavy atom. The van der Waals surface area contributed by atoms with E-state index < -0.39 is 6.10 Å². The molecule has 0 spiro atoms. The lowest BCUT2D eigenvalue weighted by atomic mass is 10.2. The third-order valence-electron chi connectivity index (χ3n) is 4.16. The topological polar surface area (TPSA) is 48.8 Å². The smallest absolute Gasteiger partial charge is 0.121 e. The monoisotopic (exact) mass is 334 g/mol. The second kappa shape index (κ2) is 7.57. The fourth-order valence-corrected chi connectivity index (χ4v) is 3.66. The molecule has 1 aliphatic heterocycles. The van der Waals surface area contributed by atoms with Gasteiger partial charge in [0.2, 0.25) is 0 Å². The van der Waals surface area contributed by atoms with Gasteiger partial charge in [0.25, 0.3) is 0 Å². The Labute approximate surface area is 141 Å². The number of ether oxygens (including phenoxy) is 1. The molecule has 3 rings (SSSR count). The van der Waals surface area contributed by atoms with E-state index in [2.05, 4.69) is 21.7 Å². The number of nitrogens with zero attached hydrogens (tertiary/aromatic N) is 3. The van der Waals surface area contributed by atoms with Crippen LogP contribution in [0.25, 0.3) is 10.2 Å². The summed E-state index contributed by atoms with van der Waals surface area (Å²) in [6, 6.07) is 5.91. The van der Waals surface area contributed by atoms with E-state index in [1.54, 1.807) is 11.3 Å². The van der Waals surface area contributed by atoms with Crippen molar-refractivity contribution in [1.82, 2.24) is 14.8 Å². The molecule has 1 aromatic heterocycles. The van der Waals surface area contributed by atoms with Gasteiger partial charge in [-0.15, -0.1) is 11.3 Å². The number of hydrogen-bond donors (Lipinski definition) is 1. The van der Waals surface area contributed by atoms with Gasteiger partial charge in [-0.3, -0.25) is 4.90 Å². The zero-order valence-corrected chi connectivity index (χ0v) is 14.4. The number of rotatable bonds is 6. The molecule has 1 fully saturated rings. The summed E-state index contributed by atoms with van der Waals surface area (Å²) in [4.78, 5) is 9.08. The third kappa shape index (κ3) is 4.41. The summed E-state index contributed by atoms with van der Waals surface area (Å²) in [6.07, 6.45) is -0.478. The Kier molecular flexibility index (Phi) is 5.48. The van der Waals surface area contributed by atoms with E-state index in [1.165, 1.54) is 4.70 Å². The SMILES string of the molecule is [CH2]CN1CCN(C[C@@H](O)COc2ccc3sc(C)nc3c2)CC1. The number of fused-ring (bicyclic) bond motifs is 1. The van der Waals surface area contributed by atoms with E-state index in [-0.39, 0.29) is 0 Å². The number of hydrogen-bond acceptors (Lipinski definition) is 6. The Morgan fingerprint density at radius 2 is 2.04 bits per heavy atom. The molecule has 1 atom stereocenters. The van der Waals surface area contributed by atoms with Crippen LogP contribution in [0.4, 0.5) is 0 Å². The number of thiazole rings is 1. The third-order valence-corrected chi connectivity index (χ3v) is 5.11. The average Bonchev–Trinajstić information content (AvgIpc) is 2.93. The van der Waals surface area contributed by atoms with Gasteiger partial charge >= 0.3 is 0 Å². The molecule has 0 aliphatic carbocycles. The maximum Gasteiger partial charge on any atom is 0.121 e. The van der Waals surface area contributed by atoms with Crippen LogP contribution in [0.1, 0.15) is 5.01 Å². The van der Waals surface area contributed by atoms with Gasteiger partial charge in [-0.1, -0.05) is 0 Å². The van der Waals surface area contributed by atoms with Crippen molar-refractivity contribution in [3.05, 3.63) is 30.1 Å². The molecule has 1 saturated heterocycles. The second-order valence-corrected chi connectivity index (χ2v) is 7.20. The van der Waals surface area contributed by atoms with Gasteiger partial charge in [-0.25, -0.2) is 4.98 Å². The number of piperazine rings is 1. The Bertz CT molecular complexity index is 638. The minimum Gasteiger partial charge on any atom is -0.491 e. The van der Waals surface area contributed by atoms with Crippen LogP contribution in [-0.4, -0.2) is 71.9 Å². The highest BCUT2D eigenvalue weighted by atomic mass is 32.1. The fourth-order valence-electron chi connectivity index (χ4n) is 2.85. The molecule has 125 valence electrons. The van der Waals surface area contributed by atoms with Gasteiger partial charge in [0, 0.05) is 38.8 Å². The van der Waals surface area contributed by atoms with E-state index >= 15 is 0 Å². The Hall–Kier alpha value is -1.21. The van der Waals surface area contributed by atoms with Gasteiger partial charge in [-0.2, -0.15) is 0 Å². The van der Waals surface area contributed by atoms with E-state index in [9.17, 15) is 5.11 Å². The first-order valence-electron chi connectivity index (χ1n) is 8.06. The van der Waals surface area contributed by atoms with Crippen molar-refractivity contribution in [3.8, 4) is 5.75 Å². The van der Waals surface area contributed by atoms with Crippen LogP contribution in [0.3, 0.4) is 0 Å². The van der Waals surface area contributed by atoms with Crippen LogP contribution >= 0.6 is 11.3 Å². The highest BCUT2D eigenvalue weighted by molar-refractivity contribution is 7.18. The maximum absolute atomic E-state index is 10.2. The van der Waals surface area contributed by atoms with Crippen molar-refractivity contribution in [2.75, 3.05) is 45.9 Å². The maximum atomic E-state index is 10.2. The molecule has 2 heterocycles. The fraction of sp³-hybridized carbons (Fsp3) is 0.529. The van der Waals surface area contributed by atoms with Crippen LogP contribution < -0.4 is 4.74 Å². The lowest BCUT2D eigenvalue weighted by Crippen LogP contribution is -2.49. The Morgan fingerprint density at radius 1 is 1.30 bits per heavy atom. The first kappa shape index (κ1) is 16.6. The average molecular weight is 334 g/mol. The molecule has 1 N–H and O–H groups in total. The molecule has 1 aromatic carbocycles. The van der Waals surface area contributed by atoms with Crippen LogP contribution in [0, 0.1) is 13.8 Å². The summed E-state index contributed by atoms with van der Waals surface area (Å²) in [7, 11) is 0. The molecule has 5 nitrogen and oxygen atoms in total. The van der Waals surface area contributed by atoms with Gasteiger partial charge < -0.3 is 14.7 Å². The van der Waals surface area contributed by atoms with E-state index in [4.69, 9.17) is 4.74 Å². The number of benzene rings is 1. The quantitative estimate of drug-likeness (QED) is 0.873. The van der Waals surface area contributed by atoms with Crippen molar-refractivity contribution in [1.29, 1.82) is 0 Å². The van der Waals surface area contributed by atoms with Crippen LogP contribution in [0.5, 0.6) is 5.75 Å². The predicted octanol–water partition coefficient (Wildman–Crippen LogP) is 1.80. The minimum atomic E-state index is -0.478. The summed E-state index contributed by atoms with van der Waals surface area (Å²) in [5.74, 6) is 0.767. The first-order chi connectivity index (χ1) is 11.1. The number of aryl methyl sites for hydroxylation is 1. The van der Waals surface area contributed by atoms with E-state index in [0.29, 0.717) is 13.2 Å². The summed E-state index contributed by atoms with van der Waals surface area (Å²) < 4.78 is 6.90. The molecular formula is C17H24N3O2S. The summed E-state index contributed by atoms with van der Waals surface area (Å²) in [5, 5.41) is 11.3. The van der Waals surface area contributed by atoms with Gasteiger partial charge in [0.05, 0.1) is 15.2 Å². The second-order valence-electron chi connectivity index (χ2n) is 5.97. The predicted molar refractivity (Wildman–Crippen MR) is 94.1 cm³/mol. The molecule has 1 aliphatic rings. The molecule has 0 bridgehead atoms. The molecule has 6 heteroatoms. The van der Waals surface area contributed by atoms with Crippen molar-refractivity contribution in [2.45, 2.75) is 13.0 Å². The molecule has 2 aromatic rings. The van der Waals surface area contributed by atoms with Crippen molar-refractivity contribution < 1.29 is 9.84 Å². The number of aliphatic hydroxyl groups is 1.